The van der Waals surface area contributed by atoms with Gasteiger partial charge in [0.1, 0.15) is 11.2 Å². The summed E-state index contributed by atoms with van der Waals surface area (Å²) in [7, 11) is 0. The van der Waals surface area contributed by atoms with Gasteiger partial charge in [-0.2, -0.15) is 0 Å². The Kier molecular flexibility index (Phi) is 3.50. The number of amides is 1. The van der Waals surface area contributed by atoms with Crippen molar-refractivity contribution >= 4 is 46.7 Å². The van der Waals surface area contributed by atoms with Gasteiger partial charge in [0.25, 0.3) is 0 Å². The van der Waals surface area contributed by atoms with Gasteiger partial charge in [-0.3, -0.25) is 9.69 Å². The van der Waals surface area contributed by atoms with Crippen LogP contribution in [0.3, 0.4) is 0 Å². The molecule has 6 nitrogen and oxygen atoms in total. The van der Waals surface area contributed by atoms with Crippen LogP contribution in [0.15, 0.2) is 21.6 Å². The first-order chi connectivity index (χ1) is 9.15. The molecule has 3 heterocycles. The zero-order valence-electron chi connectivity index (χ0n) is 9.55. The number of hydrogen-bond donors (Lipinski definition) is 1. The van der Waals surface area contributed by atoms with Crippen molar-refractivity contribution < 1.29 is 14.7 Å². The van der Waals surface area contributed by atoms with Crippen molar-refractivity contribution in [3.63, 3.8) is 0 Å². The van der Waals surface area contributed by atoms with E-state index < -0.39 is 5.97 Å². The Balaban J connectivity index is 1.71. The highest BCUT2D eigenvalue weighted by molar-refractivity contribution is 8.04. The van der Waals surface area contributed by atoms with Gasteiger partial charge in [0.2, 0.25) is 5.91 Å². The predicted molar refractivity (Wildman–Crippen MR) is 73.0 cm³/mol. The van der Waals surface area contributed by atoms with Crippen molar-refractivity contribution in [2.24, 2.45) is 0 Å². The predicted octanol–water partition coefficient (Wildman–Crippen LogP) is 1.27. The summed E-state index contributed by atoms with van der Waals surface area (Å²) in [6.45, 7) is 0. The van der Waals surface area contributed by atoms with E-state index in [1.165, 1.54) is 16.2 Å². The third-order valence-electron chi connectivity index (χ3n) is 2.77. The van der Waals surface area contributed by atoms with Crippen LogP contribution < -0.4 is 0 Å². The van der Waals surface area contributed by atoms with Crippen molar-refractivity contribution in [3.05, 3.63) is 17.3 Å². The number of carbonyl (C=O) groups is 2. The van der Waals surface area contributed by atoms with Gasteiger partial charge >= 0.3 is 5.97 Å². The molecule has 1 fully saturated rings. The summed E-state index contributed by atoms with van der Waals surface area (Å²) in [6, 6.07) is 0. The van der Waals surface area contributed by atoms with Crippen molar-refractivity contribution in [3.8, 4) is 0 Å². The summed E-state index contributed by atoms with van der Waals surface area (Å²) in [6.07, 6.45) is 2.09. The van der Waals surface area contributed by atoms with E-state index in [2.05, 4.69) is 10.2 Å². The van der Waals surface area contributed by atoms with Gasteiger partial charge in [0.15, 0.2) is 4.34 Å². The maximum absolute atomic E-state index is 11.4. The summed E-state index contributed by atoms with van der Waals surface area (Å²) in [5.41, 5.74) is 1.78. The summed E-state index contributed by atoms with van der Waals surface area (Å²) in [4.78, 5) is 24.0. The number of fused-ring (bicyclic) bond motifs is 1. The molecule has 0 aliphatic carbocycles. The normalized spacial score (nSPS) is 25.6. The van der Waals surface area contributed by atoms with E-state index >= 15 is 0 Å². The molecule has 1 amide bonds. The molecule has 2 atom stereocenters. The largest absolute Gasteiger partial charge is 0.477 e. The minimum atomic E-state index is -1.04. The minimum absolute atomic E-state index is 0.0244. The number of thioether (sulfide) groups is 2. The number of carboxylic acids is 1. The molecule has 1 aromatic rings. The van der Waals surface area contributed by atoms with Gasteiger partial charge in [-0.15, -0.1) is 22.0 Å². The molecule has 0 spiro atoms. The molecule has 9 heteroatoms. The fraction of sp³-hybridized carbons (Fsp3) is 0.400. The van der Waals surface area contributed by atoms with Crippen LogP contribution in [-0.4, -0.2) is 48.5 Å². The molecule has 3 rings (SSSR count). The number of carboxylic acid groups (broad SMARTS) is 1. The average molecular weight is 315 g/mol. The van der Waals surface area contributed by atoms with Crippen LogP contribution in [0, 0.1) is 0 Å². The Morgan fingerprint density at radius 3 is 3.11 bits per heavy atom. The van der Waals surface area contributed by atoms with Crippen LogP contribution >= 0.6 is 34.9 Å². The molecule has 1 N–H and O–H groups in total. The summed E-state index contributed by atoms with van der Waals surface area (Å²) < 4.78 is 0.873. The van der Waals surface area contributed by atoms with E-state index in [4.69, 9.17) is 5.11 Å². The molecule has 1 saturated heterocycles. The minimum Gasteiger partial charge on any atom is -0.477 e. The maximum Gasteiger partial charge on any atom is 0.352 e. The molecule has 0 bridgehead atoms. The average Bonchev–Trinajstić information content (AvgIpc) is 2.87. The van der Waals surface area contributed by atoms with E-state index in [1.54, 1.807) is 35.1 Å². The first-order valence-corrected chi connectivity index (χ1v) is 8.27. The molecular weight excluding hydrogens is 306 g/mol. The lowest BCUT2D eigenvalue weighted by Gasteiger charge is -2.44. The Morgan fingerprint density at radius 1 is 1.63 bits per heavy atom. The SMILES string of the molecule is O=C(O)C1=CC(CSc2nncs2)S[C@@H]2CC(=O)N12. The van der Waals surface area contributed by atoms with Crippen LogP contribution in [0.25, 0.3) is 0 Å². The van der Waals surface area contributed by atoms with Crippen molar-refractivity contribution in [2.75, 3.05) is 5.75 Å². The standard InChI is InChI=1S/C10H9N3O3S3/c14-7-2-8-13(7)6(9(15)16)1-5(19-8)3-17-10-12-11-4-18-10/h1,4-5,8H,2-3H2,(H,15,16)/t5?,8-/m1/s1. The van der Waals surface area contributed by atoms with Gasteiger partial charge in [0.05, 0.1) is 11.8 Å². The third kappa shape index (κ3) is 2.49. The van der Waals surface area contributed by atoms with Crippen LogP contribution in [-0.2, 0) is 9.59 Å². The van der Waals surface area contributed by atoms with Crippen molar-refractivity contribution in [1.29, 1.82) is 0 Å². The van der Waals surface area contributed by atoms with E-state index in [1.807, 2.05) is 0 Å². The molecule has 2 aliphatic heterocycles. The fourth-order valence-electron chi connectivity index (χ4n) is 1.92. The van der Waals surface area contributed by atoms with Gasteiger partial charge in [-0.05, 0) is 6.08 Å². The monoisotopic (exact) mass is 315 g/mol. The van der Waals surface area contributed by atoms with Crippen LogP contribution in [0.2, 0.25) is 0 Å². The van der Waals surface area contributed by atoms with E-state index in [-0.39, 0.29) is 22.2 Å². The highest BCUT2D eigenvalue weighted by atomic mass is 32.2. The zero-order valence-corrected chi connectivity index (χ0v) is 12.0. The lowest BCUT2D eigenvalue weighted by molar-refractivity contribution is -0.146. The molecule has 0 aromatic carbocycles. The number of aromatic nitrogens is 2. The number of hydrogen-bond acceptors (Lipinski definition) is 7. The van der Waals surface area contributed by atoms with E-state index in [0.29, 0.717) is 6.42 Å². The zero-order chi connectivity index (χ0) is 13.4. The second kappa shape index (κ2) is 5.14. The smallest absolute Gasteiger partial charge is 0.352 e. The molecule has 100 valence electrons. The van der Waals surface area contributed by atoms with Gasteiger partial charge in [-0.25, -0.2) is 4.79 Å². The number of β-lactam (4-membered cyclic amide) rings is 1. The van der Waals surface area contributed by atoms with Crippen LogP contribution in [0.1, 0.15) is 6.42 Å². The number of aliphatic carboxylic acids is 1. The van der Waals surface area contributed by atoms with Crippen LogP contribution in [0.5, 0.6) is 0 Å². The topological polar surface area (TPSA) is 83.4 Å². The highest BCUT2D eigenvalue weighted by Gasteiger charge is 2.45. The number of carbonyl (C=O) groups excluding carboxylic acids is 1. The first-order valence-electron chi connectivity index (χ1n) is 5.47. The molecule has 0 radical (unpaired) electrons. The number of rotatable bonds is 4. The number of nitrogens with zero attached hydrogens (tertiary/aromatic N) is 3. The summed E-state index contributed by atoms with van der Waals surface area (Å²) >= 11 is 4.65. The molecular formula is C10H9N3O3S3. The van der Waals surface area contributed by atoms with Crippen molar-refractivity contribution in [1.82, 2.24) is 15.1 Å². The molecule has 1 aromatic heterocycles. The Morgan fingerprint density at radius 2 is 2.47 bits per heavy atom. The Bertz CT molecular complexity index is 545. The van der Waals surface area contributed by atoms with E-state index in [0.717, 1.165) is 10.1 Å². The fourth-order valence-corrected chi connectivity index (χ4v) is 5.04. The molecule has 2 aliphatic rings. The Hall–Kier alpha value is -1.06. The first kappa shape index (κ1) is 12.9. The molecule has 0 saturated carbocycles. The van der Waals surface area contributed by atoms with Crippen molar-refractivity contribution in [2.45, 2.75) is 21.4 Å². The maximum atomic E-state index is 11.4. The van der Waals surface area contributed by atoms with Crippen LogP contribution in [0.4, 0.5) is 0 Å². The molecule has 1 unspecified atom stereocenters. The van der Waals surface area contributed by atoms with Gasteiger partial charge < -0.3 is 5.11 Å². The molecule has 19 heavy (non-hydrogen) atoms. The second-order valence-electron chi connectivity index (χ2n) is 3.97. The lowest BCUT2D eigenvalue weighted by Crippen LogP contribution is -2.54. The highest BCUT2D eigenvalue weighted by Crippen LogP contribution is 2.42. The van der Waals surface area contributed by atoms with E-state index in [9.17, 15) is 9.59 Å². The van der Waals surface area contributed by atoms with Gasteiger partial charge in [-0.1, -0.05) is 23.1 Å². The quantitative estimate of drug-likeness (QED) is 0.661. The lowest BCUT2D eigenvalue weighted by atomic mass is 10.1. The Labute approximate surface area is 121 Å². The third-order valence-corrected chi connectivity index (χ3v) is 6.31. The summed E-state index contributed by atoms with van der Waals surface area (Å²) in [5, 5.41) is 16.9. The van der Waals surface area contributed by atoms with Gasteiger partial charge in [0, 0.05) is 11.0 Å². The summed E-state index contributed by atoms with van der Waals surface area (Å²) in [5.74, 6) is -0.416. The second-order valence-corrected chi connectivity index (χ2v) is 7.49.